The maximum atomic E-state index is 12.2. The number of carbonyl (C=O) groups is 1. The van der Waals surface area contributed by atoms with Gasteiger partial charge >= 0.3 is 5.97 Å². The lowest BCUT2D eigenvalue weighted by Gasteiger charge is -2.49. The van der Waals surface area contributed by atoms with Crippen LogP contribution in [0.1, 0.15) is 26.3 Å². The van der Waals surface area contributed by atoms with Crippen LogP contribution in [0, 0.1) is 5.92 Å². The van der Waals surface area contributed by atoms with Gasteiger partial charge in [-0.1, -0.05) is 6.07 Å². The van der Waals surface area contributed by atoms with Crippen LogP contribution in [-0.4, -0.2) is 56.9 Å². The summed E-state index contributed by atoms with van der Waals surface area (Å²) in [7, 11) is 4.69. The van der Waals surface area contributed by atoms with E-state index in [1.165, 1.54) is 7.11 Å². The van der Waals surface area contributed by atoms with Crippen molar-refractivity contribution in [3.8, 4) is 11.5 Å². The fourth-order valence-electron chi connectivity index (χ4n) is 3.06. The van der Waals surface area contributed by atoms with Gasteiger partial charge in [0.15, 0.2) is 0 Å². The smallest absolute Gasteiger partial charge is 0.323 e. The Bertz CT molecular complexity index is 592. The van der Waals surface area contributed by atoms with Crippen LogP contribution in [0.4, 0.5) is 0 Å². The third-order valence-corrected chi connectivity index (χ3v) is 4.79. The third-order valence-electron chi connectivity index (χ3n) is 4.79. The van der Waals surface area contributed by atoms with Crippen LogP contribution in [-0.2, 0) is 16.1 Å². The van der Waals surface area contributed by atoms with Crippen LogP contribution < -0.4 is 14.8 Å². The molecule has 0 spiro atoms. The Morgan fingerprint density at radius 1 is 1.24 bits per heavy atom. The number of likely N-dealkylation sites (tertiary alicyclic amines) is 1. The Kier molecular flexibility index (Phi) is 6.30. The fraction of sp³-hybridized carbons (Fsp3) is 0.632. The first-order valence-corrected chi connectivity index (χ1v) is 8.57. The molecule has 0 amide bonds. The van der Waals surface area contributed by atoms with Crippen LogP contribution in [0.3, 0.4) is 0 Å². The molecule has 0 radical (unpaired) electrons. The second-order valence-corrected chi connectivity index (χ2v) is 7.40. The van der Waals surface area contributed by atoms with Gasteiger partial charge in [-0.2, -0.15) is 0 Å². The summed E-state index contributed by atoms with van der Waals surface area (Å²) in [5.41, 5.74) is 1.10. The highest BCUT2D eigenvalue weighted by molar-refractivity contribution is 5.76. The number of esters is 1. The maximum absolute atomic E-state index is 12.2. The molecule has 1 aliphatic heterocycles. The molecule has 0 saturated carbocycles. The van der Waals surface area contributed by atoms with Crippen molar-refractivity contribution in [2.75, 3.05) is 34.4 Å². The molecule has 1 aromatic carbocycles. The molecule has 2 rings (SSSR count). The number of ether oxygens (including phenoxy) is 3. The zero-order chi connectivity index (χ0) is 18.6. The number of carbonyl (C=O) groups excluding carboxylic acids is 1. The molecule has 6 heteroatoms. The molecule has 1 aliphatic rings. The Morgan fingerprint density at radius 3 is 2.44 bits per heavy atom. The maximum Gasteiger partial charge on any atom is 0.323 e. The Morgan fingerprint density at radius 2 is 1.92 bits per heavy atom. The lowest BCUT2D eigenvalue weighted by atomic mass is 9.87. The van der Waals surface area contributed by atoms with Gasteiger partial charge in [0, 0.05) is 42.7 Å². The molecule has 25 heavy (non-hydrogen) atoms. The quantitative estimate of drug-likeness (QED) is 0.760. The minimum atomic E-state index is -0.324. The van der Waals surface area contributed by atoms with Gasteiger partial charge in [0.25, 0.3) is 0 Å². The lowest BCUT2D eigenvalue weighted by Crippen LogP contribution is -2.63. The van der Waals surface area contributed by atoms with Crippen molar-refractivity contribution in [1.82, 2.24) is 10.2 Å². The second kappa shape index (κ2) is 8.06. The minimum Gasteiger partial charge on any atom is -0.497 e. The molecule has 1 heterocycles. The normalized spacial score (nSPS) is 16.9. The van der Waals surface area contributed by atoms with E-state index in [9.17, 15) is 4.79 Å². The van der Waals surface area contributed by atoms with Gasteiger partial charge in [-0.25, -0.2) is 0 Å². The summed E-state index contributed by atoms with van der Waals surface area (Å²) in [6.07, 6.45) is 0. The summed E-state index contributed by atoms with van der Waals surface area (Å²) < 4.78 is 15.6. The van der Waals surface area contributed by atoms with Crippen LogP contribution in [0.15, 0.2) is 18.2 Å². The molecule has 1 N–H and O–H groups in total. The van der Waals surface area contributed by atoms with Gasteiger partial charge in [0.2, 0.25) is 0 Å². The van der Waals surface area contributed by atoms with Crippen LogP contribution in [0.25, 0.3) is 0 Å². The van der Waals surface area contributed by atoms with E-state index in [-0.39, 0.29) is 23.5 Å². The first kappa shape index (κ1) is 19.5. The number of nitrogens with one attached hydrogen (secondary N) is 1. The molecule has 1 unspecified atom stereocenters. The SMILES string of the molecule is COC(=O)C(NCc1ccc(OC)cc1OC)C1CN(C(C)(C)C)C1. The summed E-state index contributed by atoms with van der Waals surface area (Å²) >= 11 is 0. The molecule has 0 bridgehead atoms. The zero-order valence-corrected chi connectivity index (χ0v) is 16.1. The van der Waals surface area contributed by atoms with Crippen molar-refractivity contribution in [3.63, 3.8) is 0 Å². The molecule has 0 aromatic heterocycles. The van der Waals surface area contributed by atoms with E-state index in [1.807, 2.05) is 18.2 Å². The van der Waals surface area contributed by atoms with Crippen molar-refractivity contribution in [1.29, 1.82) is 0 Å². The predicted octanol–water partition coefficient (Wildman–Crippen LogP) is 2.07. The molecule has 1 fully saturated rings. The molecule has 6 nitrogen and oxygen atoms in total. The number of rotatable bonds is 7. The number of benzene rings is 1. The number of methoxy groups -OCH3 is 3. The zero-order valence-electron chi connectivity index (χ0n) is 16.1. The summed E-state index contributed by atoms with van der Waals surface area (Å²) in [4.78, 5) is 14.6. The first-order valence-electron chi connectivity index (χ1n) is 8.57. The van der Waals surface area contributed by atoms with Crippen molar-refractivity contribution in [3.05, 3.63) is 23.8 Å². The molecule has 1 saturated heterocycles. The lowest BCUT2D eigenvalue weighted by molar-refractivity contribution is -0.148. The van der Waals surface area contributed by atoms with E-state index < -0.39 is 0 Å². The number of hydrogen-bond acceptors (Lipinski definition) is 6. The van der Waals surface area contributed by atoms with Gasteiger partial charge in [0.05, 0.1) is 21.3 Å². The number of hydrogen-bond donors (Lipinski definition) is 1. The van der Waals surface area contributed by atoms with E-state index in [4.69, 9.17) is 14.2 Å². The highest BCUT2D eigenvalue weighted by Gasteiger charge is 2.41. The molecule has 0 aliphatic carbocycles. The van der Waals surface area contributed by atoms with E-state index in [0.29, 0.717) is 6.54 Å². The molecular formula is C19H30N2O4. The minimum absolute atomic E-state index is 0.121. The summed E-state index contributed by atoms with van der Waals surface area (Å²) in [5, 5.41) is 3.35. The molecule has 1 aromatic rings. The van der Waals surface area contributed by atoms with E-state index in [2.05, 4.69) is 31.0 Å². The average molecular weight is 350 g/mol. The monoisotopic (exact) mass is 350 g/mol. The predicted molar refractivity (Wildman–Crippen MR) is 97.0 cm³/mol. The van der Waals surface area contributed by atoms with Crippen LogP contribution >= 0.6 is 0 Å². The third kappa shape index (κ3) is 4.64. The average Bonchev–Trinajstić information content (AvgIpc) is 2.54. The van der Waals surface area contributed by atoms with E-state index >= 15 is 0 Å². The van der Waals surface area contributed by atoms with Crippen molar-refractivity contribution in [2.24, 2.45) is 5.92 Å². The number of nitrogens with zero attached hydrogens (tertiary/aromatic N) is 1. The Hall–Kier alpha value is -1.79. The van der Waals surface area contributed by atoms with Gasteiger partial charge in [0.1, 0.15) is 17.5 Å². The van der Waals surface area contributed by atoms with Crippen molar-refractivity contribution < 1.29 is 19.0 Å². The van der Waals surface area contributed by atoms with Gasteiger partial charge in [-0.15, -0.1) is 0 Å². The van der Waals surface area contributed by atoms with Crippen LogP contribution in [0.2, 0.25) is 0 Å². The highest BCUT2D eigenvalue weighted by atomic mass is 16.5. The van der Waals surface area contributed by atoms with Gasteiger partial charge in [-0.05, 0) is 26.8 Å². The Balaban J connectivity index is 2.03. The largest absolute Gasteiger partial charge is 0.497 e. The summed E-state index contributed by atoms with van der Waals surface area (Å²) in [6, 6.07) is 5.35. The van der Waals surface area contributed by atoms with Gasteiger partial charge < -0.3 is 14.2 Å². The highest BCUT2D eigenvalue weighted by Crippen LogP contribution is 2.29. The molecule has 140 valence electrons. The summed E-state index contributed by atoms with van der Waals surface area (Å²) in [5.74, 6) is 1.51. The van der Waals surface area contributed by atoms with Crippen molar-refractivity contribution in [2.45, 2.75) is 38.9 Å². The topological polar surface area (TPSA) is 60.0 Å². The van der Waals surface area contributed by atoms with E-state index in [1.54, 1.807) is 14.2 Å². The second-order valence-electron chi connectivity index (χ2n) is 7.40. The van der Waals surface area contributed by atoms with Crippen LogP contribution in [0.5, 0.6) is 11.5 Å². The van der Waals surface area contributed by atoms with Crippen molar-refractivity contribution >= 4 is 5.97 Å². The first-order chi connectivity index (χ1) is 11.8. The summed E-state index contributed by atoms with van der Waals surface area (Å²) in [6.45, 7) is 8.86. The molecular weight excluding hydrogens is 320 g/mol. The van der Waals surface area contributed by atoms with E-state index in [0.717, 1.165) is 30.2 Å². The molecule has 1 atom stereocenters. The van der Waals surface area contributed by atoms with Gasteiger partial charge in [-0.3, -0.25) is 15.0 Å². The standard InChI is InChI=1S/C19H30N2O4/c1-19(2,3)21-11-14(12-21)17(18(22)25-6)20-10-13-7-8-15(23-4)9-16(13)24-5/h7-9,14,17,20H,10-12H2,1-6H3. The Labute approximate surface area is 150 Å². The fourth-order valence-corrected chi connectivity index (χ4v) is 3.06.